The Hall–Kier alpha value is 0.760. The molecule has 131 valence electrons. The zero-order valence-corrected chi connectivity index (χ0v) is 18.4. The Morgan fingerprint density at radius 2 is 1.22 bits per heavy atom. The fourth-order valence-corrected chi connectivity index (χ4v) is 2.78. The van der Waals surface area contributed by atoms with E-state index in [0.29, 0.717) is 6.61 Å². The predicted octanol–water partition coefficient (Wildman–Crippen LogP) is 6.31. The molecular weight excluding hydrogens is 318 g/mol. The Morgan fingerprint density at radius 3 is 1.70 bits per heavy atom. The second-order valence-electron chi connectivity index (χ2n) is 6.01. The molecule has 0 aliphatic heterocycles. The Bertz CT molecular complexity index is 273. The van der Waals surface area contributed by atoms with Crippen molar-refractivity contribution in [3.63, 3.8) is 0 Å². The van der Waals surface area contributed by atoms with Crippen LogP contribution in [-0.2, 0) is 9.09 Å². The van der Waals surface area contributed by atoms with Gasteiger partial charge in [0, 0.05) is 34.1 Å². The molecule has 0 spiro atoms. The molecule has 0 aromatic carbocycles. The Kier molecular flexibility index (Phi) is 25.7. The van der Waals surface area contributed by atoms with Crippen LogP contribution in [0.2, 0.25) is 0 Å². The van der Waals surface area contributed by atoms with Gasteiger partial charge < -0.3 is 0 Å². The van der Waals surface area contributed by atoms with E-state index >= 15 is 0 Å². The monoisotopic (exact) mass is 354 g/mol. The summed E-state index contributed by atoms with van der Waals surface area (Å²) in [7, 11) is -2.40. The summed E-state index contributed by atoms with van der Waals surface area (Å²) in [6.07, 6.45) is 22.4. The first-order valence-electron chi connectivity index (χ1n) is 9.21. The quantitative estimate of drug-likeness (QED) is 0.144. The largest absolute Gasteiger partial charge is 0.694 e. The van der Waals surface area contributed by atoms with Crippen LogP contribution in [0.4, 0.5) is 0 Å². The van der Waals surface area contributed by atoms with E-state index in [2.05, 4.69) is 23.6 Å². The minimum absolute atomic E-state index is 0. The first-order chi connectivity index (χ1) is 10.8. The molecule has 0 bridgehead atoms. The maximum atomic E-state index is 10.3. The smallest absolute Gasteiger partial charge is 0.133 e. The van der Waals surface area contributed by atoms with Crippen molar-refractivity contribution in [2.24, 2.45) is 0 Å². The van der Waals surface area contributed by atoms with E-state index in [1.54, 1.807) is 0 Å². The fourth-order valence-electron chi connectivity index (χ4n) is 2.49. The number of unbranched alkanes of at least 4 members (excludes halogenated alkanes) is 12. The molecule has 23 heavy (non-hydrogen) atoms. The molecule has 5 heteroatoms. The van der Waals surface area contributed by atoms with Crippen molar-refractivity contribution < 1.29 is 14.0 Å². The average molecular weight is 354 g/mol. The van der Waals surface area contributed by atoms with Crippen LogP contribution in [0, 0.1) is 0 Å². The average Bonchev–Trinajstić information content (AvgIpc) is 2.50. The summed E-state index contributed by atoms with van der Waals surface area (Å²) in [5.41, 5.74) is 0. The molecule has 0 amide bonds. The van der Waals surface area contributed by atoms with Gasteiger partial charge in [0.05, 0.1) is 0 Å². The van der Waals surface area contributed by atoms with Gasteiger partial charge in [-0.05, 0) is 32.1 Å². The van der Waals surface area contributed by atoms with Crippen LogP contribution < -0.4 is 0 Å². The van der Waals surface area contributed by atoms with E-state index < -0.39 is 8.25 Å². The van der Waals surface area contributed by atoms with Crippen molar-refractivity contribution in [2.45, 2.75) is 96.8 Å². The normalized spacial score (nSPS) is 11.7. The molecule has 0 saturated carbocycles. The minimum Gasteiger partial charge on any atom is -0.133 e. The van der Waals surface area contributed by atoms with Crippen molar-refractivity contribution in [1.29, 1.82) is 0 Å². The van der Waals surface area contributed by atoms with Crippen LogP contribution in [0.1, 0.15) is 96.8 Å². The van der Waals surface area contributed by atoms with Crippen LogP contribution in [0.5, 0.6) is 0 Å². The number of hydrogen-bond donors (Lipinski definition) is 1. The van der Waals surface area contributed by atoms with Gasteiger partial charge in [-0.15, -0.1) is 9.42 Å². The third-order valence-electron chi connectivity index (χ3n) is 3.86. The minimum atomic E-state index is -2.40. The predicted molar refractivity (Wildman–Crippen MR) is 101 cm³/mol. The van der Waals surface area contributed by atoms with Crippen LogP contribution in [0.3, 0.4) is 0 Å². The van der Waals surface area contributed by atoms with Crippen molar-refractivity contribution in [2.75, 3.05) is 6.61 Å². The van der Waals surface area contributed by atoms with Gasteiger partial charge in [-0.2, -0.15) is 0 Å². The summed E-state index contributed by atoms with van der Waals surface area (Å²) in [5, 5.41) is 0. The maximum Gasteiger partial charge on any atom is 0.694 e. The SMILES string of the molecule is CCCCCCCC/C=C\CCCCCCCCO[P+](=O)O.[Na]. The van der Waals surface area contributed by atoms with E-state index in [1.807, 2.05) is 0 Å². The van der Waals surface area contributed by atoms with Crippen molar-refractivity contribution in [3.05, 3.63) is 12.2 Å². The standard InChI is InChI=1S/C18H35O3P.Na/c1-2-3-4-5-6-7-8-9-10-11-12-13-14-15-16-17-18-21-22(19)20;/h9-10H,2-8,11-18H2,1H3;/p+1/b10-9-;. The second-order valence-corrected chi connectivity index (χ2v) is 6.74. The maximum absolute atomic E-state index is 10.3. The first kappa shape index (κ1) is 26.0. The molecule has 0 aromatic heterocycles. The van der Waals surface area contributed by atoms with Gasteiger partial charge >= 0.3 is 8.25 Å². The number of hydrogen-bond acceptors (Lipinski definition) is 2. The Balaban J connectivity index is 0. The van der Waals surface area contributed by atoms with Gasteiger partial charge in [-0.1, -0.05) is 76.9 Å². The Morgan fingerprint density at radius 1 is 0.783 bits per heavy atom. The summed E-state index contributed by atoms with van der Waals surface area (Å²) in [6, 6.07) is 0. The third-order valence-corrected chi connectivity index (χ3v) is 4.26. The van der Waals surface area contributed by atoms with E-state index in [-0.39, 0.29) is 29.6 Å². The zero-order valence-electron chi connectivity index (χ0n) is 15.5. The van der Waals surface area contributed by atoms with Crippen LogP contribution >= 0.6 is 8.25 Å². The molecule has 1 unspecified atom stereocenters. The molecule has 0 aromatic rings. The first-order valence-corrected chi connectivity index (χ1v) is 10.3. The summed E-state index contributed by atoms with van der Waals surface area (Å²) >= 11 is 0. The summed E-state index contributed by atoms with van der Waals surface area (Å²) in [5.74, 6) is 0. The molecular formula is C18H36NaO3P+. The number of allylic oxidation sites excluding steroid dienone is 2. The summed E-state index contributed by atoms with van der Waals surface area (Å²) in [6.45, 7) is 2.67. The van der Waals surface area contributed by atoms with E-state index in [1.165, 1.54) is 77.0 Å². The topological polar surface area (TPSA) is 46.5 Å². The number of rotatable bonds is 17. The molecule has 0 fully saturated rings. The van der Waals surface area contributed by atoms with Crippen molar-refractivity contribution in [3.8, 4) is 0 Å². The van der Waals surface area contributed by atoms with Crippen molar-refractivity contribution >= 4 is 37.8 Å². The molecule has 1 atom stereocenters. The molecule has 0 aliphatic rings. The van der Waals surface area contributed by atoms with Gasteiger partial charge in [0.25, 0.3) is 0 Å². The summed E-state index contributed by atoms with van der Waals surface area (Å²) in [4.78, 5) is 8.46. The molecule has 0 rings (SSSR count). The van der Waals surface area contributed by atoms with Gasteiger partial charge in [0.2, 0.25) is 0 Å². The van der Waals surface area contributed by atoms with E-state index in [9.17, 15) is 4.57 Å². The van der Waals surface area contributed by atoms with E-state index in [0.717, 1.165) is 12.8 Å². The fraction of sp³-hybridized carbons (Fsp3) is 0.889. The third kappa shape index (κ3) is 25.1. The van der Waals surface area contributed by atoms with Crippen LogP contribution in [0.25, 0.3) is 0 Å². The molecule has 0 saturated heterocycles. The summed E-state index contributed by atoms with van der Waals surface area (Å²) < 4.78 is 14.9. The van der Waals surface area contributed by atoms with Gasteiger partial charge in [-0.3, -0.25) is 0 Å². The van der Waals surface area contributed by atoms with E-state index in [4.69, 9.17) is 4.89 Å². The Labute approximate surface area is 166 Å². The van der Waals surface area contributed by atoms with Gasteiger partial charge in [0.1, 0.15) is 6.61 Å². The molecule has 3 nitrogen and oxygen atoms in total. The van der Waals surface area contributed by atoms with Crippen LogP contribution in [-0.4, -0.2) is 41.1 Å². The molecule has 1 N–H and O–H groups in total. The zero-order chi connectivity index (χ0) is 16.3. The van der Waals surface area contributed by atoms with Crippen molar-refractivity contribution in [1.82, 2.24) is 0 Å². The van der Waals surface area contributed by atoms with Crippen LogP contribution in [0.15, 0.2) is 12.2 Å². The molecule has 0 heterocycles. The van der Waals surface area contributed by atoms with Gasteiger partial charge in [-0.25, -0.2) is 0 Å². The molecule has 1 radical (unpaired) electrons. The molecule has 0 aliphatic carbocycles. The second kappa shape index (κ2) is 22.8. The van der Waals surface area contributed by atoms with Gasteiger partial charge in [0.15, 0.2) is 0 Å².